The molecule has 2 fully saturated rings. The van der Waals surface area contributed by atoms with E-state index in [1.54, 1.807) is 41.3 Å². The summed E-state index contributed by atoms with van der Waals surface area (Å²) in [6.45, 7) is 0.724. The number of H-pyrrole nitrogens is 1. The Kier molecular flexibility index (Phi) is 4.70. The Morgan fingerprint density at radius 1 is 1.30 bits per heavy atom. The fraction of sp³-hybridized carbons (Fsp3) is 0.450. The molecule has 156 valence electrons. The van der Waals surface area contributed by atoms with Gasteiger partial charge in [0.15, 0.2) is 5.69 Å². The normalized spacial score (nSPS) is 21.7. The van der Waals surface area contributed by atoms with Crippen molar-refractivity contribution in [3.05, 3.63) is 42.0 Å². The maximum atomic E-state index is 12.9. The third-order valence-corrected chi connectivity index (χ3v) is 6.01. The number of likely N-dealkylation sites (tertiary alicyclic amines) is 1. The molecule has 0 unspecified atom stereocenters. The first-order chi connectivity index (χ1) is 14.6. The summed E-state index contributed by atoms with van der Waals surface area (Å²) in [6.07, 6.45) is 8.07. The van der Waals surface area contributed by atoms with E-state index in [0.29, 0.717) is 30.4 Å². The van der Waals surface area contributed by atoms with Gasteiger partial charge in [-0.25, -0.2) is 4.68 Å². The molecule has 2 atom stereocenters. The fourth-order valence-electron chi connectivity index (χ4n) is 3.99. The minimum atomic E-state index is -0.326. The van der Waals surface area contributed by atoms with Crippen LogP contribution in [0, 0.1) is 0 Å². The van der Waals surface area contributed by atoms with Crippen LogP contribution >= 0.6 is 0 Å². The largest absolute Gasteiger partial charge is 0.377 e. The third-order valence-electron chi connectivity index (χ3n) is 6.01. The van der Waals surface area contributed by atoms with Gasteiger partial charge in [0.05, 0.1) is 41.0 Å². The first-order valence-electron chi connectivity index (χ1n) is 10.1. The van der Waals surface area contributed by atoms with Gasteiger partial charge >= 0.3 is 0 Å². The topological polar surface area (TPSA) is 118 Å². The Labute approximate surface area is 172 Å². The van der Waals surface area contributed by atoms with E-state index in [1.807, 2.05) is 6.07 Å². The highest BCUT2D eigenvalue weighted by molar-refractivity contribution is 5.97. The molecule has 3 aromatic rings. The predicted molar refractivity (Wildman–Crippen MR) is 107 cm³/mol. The van der Waals surface area contributed by atoms with Crippen molar-refractivity contribution < 1.29 is 14.3 Å². The number of ether oxygens (including phenoxy) is 1. The van der Waals surface area contributed by atoms with Crippen LogP contribution in [0.2, 0.25) is 0 Å². The zero-order chi connectivity index (χ0) is 20.7. The van der Waals surface area contributed by atoms with Gasteiger partial charge in [0.25, 0.3) is 11.8 Å². The van der Waals surface area contributed by atoms with Gasteiger partial charge in [0.1, 0.15) is 0 Å². The lowest BCUT2D eigenvalue weighted by Gasteiger charge is -2.24. The Morgan fingerprint density at radius 3 is 2.93 bits per heavy atom. The maximum Gasteiger partial charge on any atom is 0.276 e. The second-order valence-electron chi connectivity index (χ2n) is 7.87. The van der Waals surface area contributed by atoms with Crippen molar-refractivity contribution in [2.45, 2.75) is 37.5 Å². The smallest absolute Gasteiger partial charge is 0.276 e. The maximum absolute atomic E-state index is 12.9. The van der Waals surface area contributed by atoms with Crippen LogP contribution in [0.1, 0.15) is 46.2 Å². The van der Waals surface area contributed by atoms with E-state index in [1.165, 1.54) is 6.42 Å². The summed E-state index contributed by atoms with van der Waals surface area (Å²) in [6, 6.07) is 3.63. The first kappa shape index (κ1) is 18.7. The average molecular weight is 409 g/mol. The van der Waals surface area contributed by atoms with Gasteiger partial charge in [-0.1, -0.05) is 5.21 Å². The second-order valence-corrected chi connectivity index (χ2v) is 7.87. The van der Waals surface area contributed by atoms with Gasteiger partial charge < -0.3 is 19.9 Å². The molecule has 1 saturated heterocycles. The van der Waals surface area contributed by atoms with Crippen molar-refractivity contribution in [3.8, 4) is 0 Å². The molecule has 30 heavy (non-hydrogen) atoms. The van der Waals surface area contributed by atoms with Gasteiger partial charge in [-0.05, 0) is 31.4 Å². The number of rotatable bonds is 5. The van der Waals surface area contributed by atoms with E-state index in [4.69, 9.17) is 4.74 Å². The standard InChI is InChI=1S/C20H23N7O3/c1-30-18-11-26(20(29)17-10-27(25-24-17)13-3-2-4-13)9-16(18)23-19(28)12-7-15-14(22-8-12)5-6-21-15/h5-8,10,13,16,18,21H,2-4,9,11H2,1H3,(H,23,28)/t16-,18-/m1/s1. The Balaban J connectivity index is 1.27. The number of carbonyl (C=O) groups excluding carboxylic acids is 2. The Bertz CT molecular complexity index is 1090. The molecule has 2 aliphatic rings. The number of hydrogen-bond acceptors (Lipinski definition) is 6. The molecule has 5 rings (SSSR count). The number of methoxy groups -OCH3 is 1. The van der Waals surface area contributed by atoms with Crippen molar-refractivity contribution in [1.29, 1.82) is 0 Å². The van der Waals surface area contributed by atoms with Crippen molar-refractivity contribution in [3.63, 3.8) is 0 Å². The third kappa shape index (κ3) is 3.32. The fourth-order valence-corrected chi connectivity index (χ4v) is 3.99. The SMILES string of the molecule is CO[C@@H]1CN(C(=O)c2cn(C3CCC3)nn2)C[C@H]1NC(=O)c1cnc2cc[nH]c2c1. The van der Waals surface area contributed by atoms with Crippen LogP contribution in [0.15, 0.2) is 30.7 Å². The number of hydrogen-bond donors (Lipinski definition) is 2. The number of nitrogens with zero attached hydrogens (tertiary/aromatic N) is 5. The number of aromatic nitrogens is 5. The Hall–Kier alpha value is -3.27. The summed E-state index contributed by atoms with van der Waals surface area (Å²) in [5.41, 5.74) is 2.37. The summed E-state index contributed by atoms with van der Waals surface area (Å²) < 4.78 is 7.31. The number of aromatic amines is 1. The summed E-state index contributed by atoms with van der Waals surface area (Å²) in [4.78, 5) is 34.6. The number of pyridine rings is 1. The predicted octanol–water partition coefficient (Wildman–Crippen LogP) is 1.15. The molecule has 10 heteroatoms. The summed E-state index contributed by atoms with van der Waals surface area (Å²) in [5, 5.41) is 11.1. The summed E-state index contributed by atoms with van der Waals surface area (Å²) in [5.74, 6) is -0.454. The van der Waals surface area contributed by atoms with Crippen molar-refractivity contribution >= 4 is 22.8 Å². The van der Waals surface area contributed by atoms with Crippen LogP contribution in [0.5, 0.6) is 0 Å². The van der Waals surface area contributed by atoms with Crippen LogP contribution in [-0.4, -0.2) is 74.0 Å². The van der Waals surface area contributed by atoms with E-state index in [-0.39, 0.29) is 24.0 Å². The lowest BCUT2D eigenvalue weighted by molar-refractivity contribution is 0.0688. The van der Waals surface area contributed by atoms with Gasteiger partial charge in [0.2, 0.25) is 0 Å². The minimum absolute atomic E-state index is 0.200. The van der Waals surface area contributed by atoms with Gasteiger partial charge in [-0.2, -0.15) is 0 Å². The molecule has 3 aromatic heterocycles. The zero-order valence-electron chi connectivity index (χ0n) is 16.6. The van der Waals surface area contributed by atoms with Crippen molar-refractivity contribution in [1.82, 2.24) is 35.2 Å². The van der Waals surface area contributed by atoms with Crippen molar-refractivity contribution in [2.24, 2.45) is 0 Å². The second kappa shape index (κ2) is 7.52. The highest BCUT2D eigenvalue weighted by atomic mass is 16.5. The summed E-state index contributed by atoms with van der Waals surface area (Å²) >= 11 is 0. The molecule has 2 N–H and O–H groups in total. The van der Waals surface area contributed by atoms with E-state index in [2.05, 4.69) is 25.6 Å². The van der Waals surface area contributed by atoms with E-state index in [9.17, 15) is 9.59 Å². The molecule has 1 aliphatic heterocycles. The van der Waals surface area contributed by atoms with Crippen LogP contribution < -0.4 is 5.32 Å². The molecule has 0 bridgehead atoms. The first-order valence-corrected chi connectivity index (χ1v) is 10.1. The van der Waals surface area contributed by atoms with Crippen LogP contribution in [0.25, 0.3) is 11.0 Å². The molecule has 1 saturated carbocycles. The monoisotopic (exact) mass is 409 g/mol. The van der Waals surface area contributed by atoms with Gasteiger partial charge in [-0.3, -0.25) is 14.6 Å². The molecular formula is C20H23N7O3. The molecule has 0 radical (unpaired) electrons. The molecule has 4 heterocycles. The van der Waals surface area contributed by atoms with Gasteiger partial charge in [-0.15, -0.1) is 5.10 Å². The molecule has 10 nitrogen and oxygen atoms in total. The molecule has 1 aliphatic carbocycles. The highest BCUT2D eigenvalue weighted by Crippen LogP contribution is 2.30. The minimum Gasteiger partial charge on any atom is -0.377 e. The lowest BCUT2D eigenvalue weighted by Crippen LogP contribution is -2.43. The number of nitrogens with one attached hydrogen (secondary N) is 2. The molecular weight excluding hydrogens is 386 g/mol. The Morgan fingerprint density at radius 2 is 2.17 bits per heavy atom. The highest BCUT2D eigenvalue weighted by Gasteiger charge is 2.38. The number of amides is 2. The quantitative estimate of drug-likeness (QED) is 0.653. The van der Waals surface area contributed by atoms with Crippen molar-refractivity contribution in [2.75, 3.05) is 20.2 Å². The van der Waals surface area contributed by atoms with Crippen LogP contribution in [0.4, 0.5) is 0 Å². The molecule has 0 aromatic carbocycles. The zero-order valence-corrected chi connectivity index (χ0v) is 16.6. The van der Waals surface area contributed by atoms with Gasteiger partial charge in [0, 0.05) is 32.6 Å². The lowest BCUT2D eigenvalue weighted by atomic mass is 9.93. The van der Waals surface area contributed by atoms with E-state index >= 15 is 0 Å². The average Bonchev–Trinajstić information content (AvgIpc) is 3.45. The van der Waals surface area contributed by atoms with Crippen LogP contribution in [-0.2, 0) is 4.74 Å². The number of carbonyl (C=O) groups is 2. The summed E-state index contributed by atoms with van der Waals surface area (Å²) in [7, 11) is 1.58. The van der Waals surface area contributed by atoms with E-state index < -0.39 is 0 Å². The van der Waals surface area contributed by atoms with E-state index in [0.717, 1.165) is 23.9 Å². The number of fused-ring (bicyclic) bond motifs is 1. The molecule has 2 amide bonds. The van der Waals surface area contributed by atoms with Crippen LogP contribution in [0.3, 0.4) is 0 Å². The molecule has 0 spiro atoms.